The van der Waals surface area contributed by atoms with Crippen molar-refractivity contribution in [1.29, 1.82) is 0 Å². The lowest BCUT2D eigenvalue weighted by Crippen LogP contribution is -2.26. The molecule has 3 heteroatoms. The fourth-order valence-corrected chi connectivity index (χ4v) is 1.31. The van der Waals surface area contributed by atoms with Gasteiger partial charge in [-0.2, -0.15) is 0 Å². The van der Waals surface area contributed by atoms with Gasteiger partial charge in [0.25, 0.3) is 0 Å². The molecule has 0 unspecified atom stereocenters. The average Bonchev–Trinajstić information content (AvgIpc) is 2.25. The highest BCUT2D eigenvalue weighted by molar-refractivity contribution is 4.64. The van der Waals surface area contributed by atoms with Crippen molar-refractivity contribution in [1.82, 2.24) is 0 Å². The van der Waals surface area contributed by atoms with Crippen LogP contribution in [0, 0.1) is 0 Å². The Labute approximate surface area is 86.0 Å². The van der Waals surface area contributed by atoms with Crippen molar-refractivity contribution in [2.45, 2.75) is 32.0 Å². The van der Waals surface area contributed by atoms with E-state index in [4.69, 9.17) is 14.2 Å². The van der Waals surface area contributed by atoms with E-state index >= 15 is 0 Å². The highest BCUT2D eigenvalue weighted by Gasteiger charge is 2.13. The number of unbranched alkanes of at least 4 members (excludes halogenated alkanes) is 1. The van der Waals surface area contributed by atoms with Crippen molar-refractivity contribution in [3.63, 3.8) is 0 Å². The van der Waals surface area contributed by atoms with Gasteiger partial charge in [-0.25, -0.2) is 0 Å². The third-order valence-electron chi connectivity index (χ3n) is 2.09. The van der Waals surface area contributed by atoms with Crippen LogP contribution in [-0.2, 0) is 14.2 Å². The van der Waals surface area contributed by atoms with Gasteiger partial charge in [-0.3, -0.25) is 0 Å². The molecule has 1 heterocycles. The Kier molecular flexibility index (Phi) is 6.66. The first-order valence-corrected chi connectivity index (χ1v) is 5.35. The summed E-state index contributed by atoms with van der Waals surface area (Å²) in [5.74, 6) is 0. The summed E-state index contributed by atoms with van der Waals surface area (Å²) in [6, 6.07) is 0. The largest absolute Gasteiger partial charge is 0.381 e. The second-order valence-electron chi connectivity index (χ2n) is 3.36. The minimum Gasteiger partial charge on any atom is -0.381 e. The molecule has 0 aliphatic carbocycles. The van der Waals surface area contributed by atoms with Gasteiger partial charge in [-0.05, 0) is 19.3 Å². The predicted molar refractivity (Wildman–Crippen MR) is 55.2 cm³/mol. The Morgan fingerprint density at radius 2 is 2.07 bits per heavy atom. The Hall–Kier alpha value is -0.380. The van der Waals surface area contributed by atoms with E-state index in [0.29, 0.717) is 0 Å². The zero-order valence-electron chi connectivity index (χ0n) is 8.74. The Balaban J connectivity index is 1.85. The van der Waals surface area contributed by atoms with Gasteiger partial charge >= 0.3 is 0 Å². The first-order valence-electron chi connectivity index (χ1n) is 5.35. The topological polar surface area (TPSA) is 27.7 Å². The molecular formula is C11H20O3. The zero-order valence-corrected chi connectivity index (χ0v) is 8.74. The second kappa shape index (κ2) is 7.97. The summed E-state index contributed by atoms with van der Waals surface area (Å²) < 4.78 is 16.2. The van der Waals surface area contributed by atoms with E-state index in [1.165, 1.54) is 0 Å². The monoisotopic (exact) mass is 200 g/mol. The number of ether oxygens (including phenoxy) is 3. The number of allylic oxidation sites excluding steroid dienone is 1. The maximum Gasteiger partial charge on any atom is 0.159 e. The molecule has 82 valence electrons. The molecule has 3 nitrogen and oxygen atoms in total. The summed E-state index contributed by atoms with van der Waals surface area (Å²) in [6.45, 7) is 6.83. The van der Waals surface area contributed by atoms with Gasteiger partial charge in [0, 0.05) is 13.0 Å². The first kappa shape index (κ1) is 11.7. The van der Waals surface area contributed by atoms with E-state index in [0.717, 1.165) is 52.1 Å². The molecule has 0 amide bonds. The summed E-state index contributed by atoms with van der Waals surface area (Å²) in [5, 5.41) is 0. The fraction of sp³-hybridized carbons (Fsp3) is 0.818. The Morgan fingerprint density at radius 1 is 1.29 bits per heavy atom. The third-order valence-corrected chi connectivity index (χ3v) is 2.09. The lowest BCUT2D eigenvalue weighted by Gasteiger charge is -2.22. The number of hydrogen-bond acceptors (Lipinski definition) is 3. The van der Waals surface area contributed by atoms with Crippen LogP contribution in [0.2, 0.25) is 0 Å². The molecule has 0 N–H and O–H groups in total. The molecule has 1 aliphatic heterocycles. The van der Waals surface area contributed by atoms with Gasteiger partial charge in [-0.1, -0.05) is 6.08 Å². The molecule has 0 atom stereocenters. The molecule has 0 aromatic rings. The summed E-state index contributed by atoms with van der Waals surface area (Å²) >= 11 is 0. The van der Waals surface area contributed by atoms with Gasteiger partial charge in [0.1, 0.15) is 0 Å². The van der Waals surface area contributed by atoms with Crippen LogP contribution >= 0.6 is 0 Å². The molecule has 0 aromatic heterocycles. The van der Waals surface area contributed by atoms with Gasteiger partial charge in [-0.15, -0.1) is 6.58 Å². The van der Waals surface area contributed by atoms with E-state index in [-0.39, 0.29) is 6.29 Å². The fourth-order valence-electron chi connectivity index (χ4n) is 1.31. The van der Waals surface area contributed by atoms with Crippen molar-refractivity contribution in [2.24, 2.45) is 0 Å². The summed E-state index contributed by atoms with van der Waals surface area (Å²) in [4.78, 5) is 0. The third kappa shape index (κ3) is 5.37. The molecule has 14 heavy (non-hydrogen) atoms. The Morgan fingerprint density at radius 3 is 2.79 bits per heavy atom. The first-order chi connectivity index (χ1) is 6.93. The molecular weight excluding hydrogens is 180 g/mol. The van der Waals surface area contributed by atoms with Gasteiger partial charge in [0.15, 0.2) is 6.29 Å². The van der Waals surface area contributed by atoms with Gasteiger partial charge in [0.2, 0.25) is 0 Å². The lowest BCUT2D eigenvalue weighted by atomic mass is 10.3. The van der Waals surface area contributed by atoms with E-state index in [2.05, 4.69) is 6.58 Å². The molecule has 0 radical (unpaired) electrons. The number of rotatable bonds is 7. The van der Waals surface area contributed by atoms with Crippen LogP contribution in [0.25, 0.3) is 0 Å². The van der Waals surface area contributed by atoms with Crippen LogP contribution in [0.15, 0.2) is 12.7 Å². The number of hydrogen-bond donors (Lipinski definition) is 0. The second-order valence-corrected chi connectivity index (χ2v) is 3.36. The summed E-state index contributed by atoms with van der Waals surface area (Å²) in [5.41, 5.74) is 0. The molecule has 0 saturated carbocycles. The van der Waals surface area contributed by atoms with Crippen LogP contribution in [0.3, 0.4) is 0 Å². The van der Waals surface area contributed by atoms with Crippen molar-refractivity contribution < 1.29 is 14.2 Å². The van der Waals surface area contributed by atoms with Crippen LogP contribution in [0.1, 0.15) is 25.7 Å². The highest BCUT2D eigenvalue weighted by Crippen LogP contribution is 2.08. The maximum atomic E-state index is 5.43. The van der Waals surface area contributed by atoms with Crippen LogP contribution < -0.4 is 0 Å². The summed E-state index contributed by atoms with van der Waals surface area (Å²) in [7, 11) is 0. The minimum atomic E-state index is -0.0387. The van der Waals surface area contributed by atoms with Crippen LogP contribution in [0.5, 0.6) is 0 Å². The Bertz CT molecular complexity index is 141. The van der Waals surface area contributed by atoms with Crippen molar-refractivity contribution >= 4 is 0 Å². The van der Waals surface area contributed by atoms with Crippen molar-refractivity contribution in [3.05, 3.63) is 12.7 Å². The molecule has 0 aromatic carbocycles. The minimum absolute atomic E-state index is 0.0387. The maximum absolute atomic E-state index is 5.43. The lowest BCUT2D eigenvalue weighted by molar-refractivity contribution is -0.186. The molecule has 0 bridgehead atoms. The van der Waals surface area contributed by atoms with Gasteiger partial charge in [0.05, 0.1) is 19.8 Å². The quantitative estimate of drug-likeness (QED) is 0.465. The normalized spacial score (nSPS) is 18.3. The molecule has 0 spiro atoms. The molecule has 1 fully saturated rings. The van der Waals surface area contributed by atoms with Crippen molar-refractivity contribution in [3.8, 4) is 0 Å². The van der Waals surface area contributed by atoms with Gasteiger partial charge < -0.3 is 14.2 Å². The molecule has 1 saturated heterocycles. The highest BCUT2D eigenvalue weighted by atomic mass is 16.7. The van der Waals surface area contributed by atoms with E-state index < -0.39 is 0 Å². The predicted octanol–water partition coefficient (Wildman–Crippen LogP) is 2.12. The summed E-state index contributed by atoms with van der Waals surface area (Å²) in [6.07, 6.45) is 5.80. The zero-order chi connectivity index (χ0) is 10.1. The van der Waals surface area contributed by atoms with Crippen molar-refractivity contribution in [2.75, 3.05) is 26.4 Å². The molecule has 1 aliphatic rings. The van der Waals surface area contributed by atoms with E-state index in [1.54, 1.807) is 0 Å². The van der Waals surface area contributed by atoms with Crippen LogP contribution in [0.4, 0.5) is 0 Å². The van der Waals surface area contributed by atoms with E-state index in [9.17, 15) is 0 Å². The average molecular weight is 200 g/mol. The SMILES string of the molecule is C=CCCCOCCC1OCCCO1. The van der Waals surface area contributed by atoms with Crippen LogP contribution in [-0.4, -0.2) is 32.7 Å². The van der Waals surface area contributed by atoms with E-state index in [1.807, 2.05) is 6.08 Å². The standard InChI is InChI=1S/C11H20O3/c1-2-3-4-7-12-10-6-11-13-8-5-9-14-11/h2,11H,1,3-10H2. The smallest absolute Gasteiger partial charge is 0.159 e. The molecule has 1 rings (SSSR count).